The van der Waals surface area contributed by atoms with Crippen LogP contribution in [0.3, 0.4) is 0 Å². The van der Waals surface area contributed by atoms with Crippen LogP contribution in [0.5, 0.6) is 11.5 Å². The van der Waals surface area contributed by atoms with Gasteiger partial charge in [-0.3, -0.25) is 4.79 Å². The molecule has 27 heavy (non-hydrogen) atoms. The Bertz CT molecular complexity index is 924. The number of hydrogen-bond donors (Lipinski definition) is 1. The molecule has 0 saturated heterocycles. The monoisotopic (exact) mass is 360 g/mol. The smallest absolute Gasteiger partial charge is 0.275 e. The van der Waals surface area contributed by atoms with Crippen molar-refractivity contribution in [3.05, 3.63) is 95.6 Å². The molecule has 0 unspecified atom stereocenters. The Morgan fingerprint density at radius 2 is 1.59 bits per heavy atom. The van der Waals surface area contributed by atoms with E-state index in [9.17, 15) is 4.79 Å². The molecule has 3 aromatic carbocycles. The van der Waals surface area contributed by atoms with Crippen LogP contribution in [-0.4, -0.2) is 19.2 Å². The van der Waals surface area contributed by atoms with Crippen molar-refractivity contribution in [3.8, 4) is 11.5 Å². The van der Waals surface area contributed by atoms with E-state index in [0.29, 0.717) is 23.7 Å². The molecule has 0 aromatic heterocycles. The van der Waals surface area contributed by atoms with Gasteiger partial charge in [0.05, 0.1) is 18.9 Å². The third kappa shape index (κ3) is 4.95. The van der Waals surface area contributed by atoms with Gasteiger partial charge in [0.1, 0.15) is 18.1 Å². The number of carbonyl (C=O) groups excluding carboxylic acids is 1. The normalized spacial score (nSPS) is 10.6. The number of rotatable bonds is 7. The Hall–Kier alpha value is -3.60. The highest BCUT2D eigenvalue weighted by molar-refractivity contribution is 5.97. The van der Waals surface area contributed by atoms with Crippen LogP contribution in [0.1, 0.15) is 21.5 Å². The van der Waals surface area contributed by atoms with Crippen LogP contribution in [0.15, 0.2) is 84.0 Å². The highest BCUT2D eigenvalue weighted by Crippen LogP contribution is 2.18. The lowest BCUT2D eigenvalue weighted by atomic mass is 10.2. The van der Waals surface area contributed by atoms with Crippen LogP contribution in [-0.2, 0) is 6.61 Å². The number of hydrogen-bond acceptors (Lipinski definition) is 4. The van der Waals surface area contributed by atoms with Crippen LogP contribution in [0.25, 0.3) is 0 Å². The maximum Gasteiger partial charge on any atom is 0.275 e. The minimum Gasteiger partial charge on any atom is -0.496 e. The predicted molar refractivity (Wildman–Crippen MR) is 105 cm³/mol. The highest BCUT2D eigenvalue weighted by atomic mass is 16.5. The molecule has 3 rings (SSSR count). The van der Waals surface area contributed by atoms with Gasteiger partial charge in [0, 0.05) is 5.56 Å². The molecule has 0 aliphatic heterocycles. The maximum atomic E-state index is 12.3. The number of hydrazone groups is 1. The summed E-state index contributed by atoms with van der Waals surface area (Å²) in [6.07, 6.45) is 1.56. The van der Waals surface area contributed by atoms with E-state index in [1.165, 1.54) is 7.11 Å². The molecule has 0 atom stereocenters. The predicted octanol–water partition coefficient (Wildman–Crippen LogP) is 4.04. The van der Waals surface area contributed by atoms with Gasteiger partial charge in [0.15, 0.2) is 0 Å². The number of nitrogens with zero attached hydrogens (tertiary/aromatic N) is 1. The van der Waals surface area contributed by atoms with Gasteiger partial charge in [-0.15, -0.1) is 0 Å². The quantitative estimate of drug-likeness (QED) is 0.511. The van der Waals surface area contributed by atoms with Gasteiger partial charge in [-0.05, 0) is 29.8 Å². The largest absolute Gasteiger partial charge is 0.496 e. The summed E-state index contributed by atoms with van der Waals surface area (Å²) in [5.41, 5.74) is 4.79. The molecule has 1 N–H and O–H groups in total. The van der Waals surface area contributed by atoms with Gasteiger partial charge in [0.25, 0.3) is 5.91 Å². The summed E-state index contributed by atoms with van der Waals surface area (Å²) in [5.74, 6) is 0.847. The van der Waals surface area contributed by atoms with E-state index in [4.69, 9.17) is 9.47 Å². The van der Waals surface area contributed by atoms with Gasteiger partial charge in [0.2, 0.25) is 0 Å². The summed E-state index contributed by atoms with van der Waals surface area (Å²) in [5, 5.41) is 4.05. The number of para-hydroxylation sites is 2. The summed E-state index contributed by atoms with van der Waals surface area (Å²) >= 11 is 0. The Kier molecular flexibility index (Phi) is 6.20. The molecule has 0 aliphatic rings. The molecule has 0 spiro atoms. The van der Waals surface area contributed by atoms with Crippen molar-refractivity contribution in [1.29, 1.82) is 0 Å². The molecular formula is C22H20N2O3. The van der Waals surface area contributed by atoms with Crippen molar-refractivity contribution in [3.63, 3.8) is 0 Å². The van der Waals surface area contributed by atoms with Crippen LogP contribution in [0.4, 0.5) is 0 Å². The second kappa shape index (κ2) is 9.20. The zero-order valence-corrected chi connectivity index (χ0v) is 15.0. The average molecular weight is 360 g/mol. The zero-order chi connectivity index (χ0) is 18.9. The van der Waals surface area contributed by atoms with Crippen molar-refractivity contribution in [2.45, 2.75) is 6.61 Å². The van der Waals surface area contributed by atoms with Crippen LogP contribution in [0, 0.1) is 0 Å². The molecule has 0 bridgehead atoms. The second-order valence-electron chi connectivity index (χ2n) is 5.71. The minimum absolute atomic E-state index is 0.341. The molecule has 0 saturated carbocycles. The van der Waals surface area contributed by atoms with Gasteiger partial charge < -0.3 is 9.47 Å². The summed E-state index contributed by atoms with van der Waals surface area (Å²) in [7, 11) is 1.52. The van der Waals surface area contributed by atoms with Gasteiger partial charge in [-0.1, -0.05) is 54.6 Å². The minimum atomic E-state index is -0.341. The molecule has 3 aromatic rings. The van der Waals surface area contributed by atoms with Crippen LogP contribution >= 0.6 is 0 Å². The van der Waals surface area contributed by atoms with E-state index in [1.807, 2.05) is 54.6 Å². The topological polar surface area (TPSA) is 59.9 Å². The molecular weight excluding hydrogens is 340 g/mol. The number of nitrogens with one attached hydrogen (secondary N) is 1. The van der Waals surface area contributed by atoms with Crippen molar-refractivity contribution in [1.82, 2.24) is 5.43 Å². The third-order valence-corrected chi connectivity index (χ3v) is 3.88. The van der Waals surface area contributed by atoms with Gasteiger partial charge in [-0.2, -0.15) is 5.10 Å². The molecule has 5 heteroatoms. The molecule has 0 heterocycles. The number of carbonyl (C=O) groups is 1. The average Bonchev–Trinajstić information content (AvgIpc) is 2.73. The first-order chi connectivity index (χ1) is 13.3. The van der Waals surface area contributed by atoms with E-state index < -0.39 is 0 Å². The lowest BCUT2D eigenvalue weighted by molar-refractivity contribution is 0.0952. The van der Waals surface area contributed by atoms with E-state index in [-0.39, 0.29) is 5.91 Å². The van der Waals surface area contributed by atoms with Crippen molar-refractivity contribution < 1.29 is 14.3 Å². The summed E-state index contributed by atoms with van der Waals surface area (Å²) in [6.45, 7) is 0.458. The summed E-state index contributed by atoms with van der Waals surface area (Å²) in [6, 6.07) is 24.4. The summed E-state index contributed by atoms with van der Waals surface area (Å²) < 4.78 is 11.1. The first-order valence-corrected chi connectivity index (χ1v) is 8.50. The van der Waals surface area contributed by atoms with E-state index in [0.717, 1.165) is 11.1 Å². The SMILES string of the molecule is COc1ccccc1C(=O)NN=Cc1ccccc1OCc1ccccc1. The number of amides is 1. The van der Waals surface area contributed by atoms with Gasteiger partial charge in [-0.25, -0.2) is 5.43 Å². The van der Waals surface area contributed by atoms with Gasteiger partial charge >= 0.3 is 0 Å². The zero-order valence-electron chi connectivity index (χ0n) is 15.0. The fourth-order valence-corrected chi connectivity index (χ4v) is 2.51. The molecule has 1 amide bonds. The van der Waals surface area contributed by atoms with Crippen molar-refractivity contribution in [2.75, 3.05) is 7.11 Å². The van der Waals surface area contributed by atoms with Crippen molar-refractivity contribution in [2.24, 2.45) is 5.10 Å². The summed E-state index contributed by atoms with van der Waals surface area (Å²) in [4.78, 5) is 12.3. The molecule has 136 valence electrons. The van der Waals surface area contributed by atoms with E-state index in [1.54, 1.807) is 30.5 Å². The Morgan fingerprint density at radius 3 is 2.37 bits per heavy atom. The fourth-order valence-electron chi connectivity index (χ4n) is 2.51. The lowest BCUT2D eigenvalue weighted by Gasteiger charge is -2.09. The van der Waals surface area contributed by atoms with Crippen LogP contribution < -0.4 is 14.9 Å². The second-order valence-corrected chi connectivity index (χ2v) is 5.71. The number of methoxy groups -OCH3 is 1. The number of ether oxygens (including phenoxy) is 2. The third-order valence-electron chi connectivity index (χ3n) is 3.88. The Labute approximate surface area is 158 Å². The first kappa shape index (κ1) is 18.2. The standard InChI is InChI=1S/C22H20N2O3/c1-26-21-14-8-6-12-19(21)22(25)24-23-15-18-11-5-7-13-20(18)27-16-17-9-3-2-4-10-17/h2-15H,16H2,1H3,(H,24,25). The lowest BCUT2D eigenvalue weighted by Crippen LogP contribution is -2.18. The van der Waals surface area contributed by atoms with E-state index >= 15 is 0 Å². The first-order valence-electron chi connectivity index (χ1n) is 8.50. The van der Waals surface area contributed by atoms with E-state index in [2.05, 4.69) is 10.5 Å². The fraction of sp³-hybridized carbons (Fsp3) is 0.0909. The molecule has 5 nitrogen and oxygen atoms in total. The molecule has 0 radical (unpaired) electrons. The highest BCUT2D eigenvalue weighted by Gasteiger charge is 2.10. The Balaban J connectivity index is 1.66. The van der Waals surface area contributed by atoms with Crippen molar-refractivity contribution >= 4 is 12.1 Å². The molecule has 0 fully saturated rings. The number of benzene rings is 3. The Morgan fingerprint density at radius 1 is 0.926 bits per heavy atom. The maximum absolute atomic E-state index is 12.3. The molecule has 0 aliphatic carbocycles. The van der Waals surface area contributed by atoms with Crippen LogP contribution in [0.2, 0.25) is 0 Å².